The average Bonchev–Trinajstić information content (AvgIpc) is 2.61. The third-order valence-corrected chi connectivity index (χ3v) is 4.62. The van der Waals surface area contributed by atoms with Crippen molar-refractivity contribution in [2.75, 3.05) is 62.3 Å². The van der Waals surface area contributed by atoms with Crippen LogP contribution >= 0.6 is 0 Å². The van der Waals surface area contributed by atoms with Gasteiger partial charge in [0, 0.05) is 44.8 Å². The summed E-state index contributed by atoms with van der Waals surface area (Å²) in [7, 11) is 0. The summed E-state index contributed by atoms with van der Waals surface area (Å²) >= 11 is 0. The van der Waals surface area contributed by atoms with Crippen LogP contribution in [0.2, 0.25) is 0 Å². The van der Waals surface area contributed by atoms with Crippen LogP contribution < -0.4 is 15.1 Å². The molecule has 0 bridgehead atoms. The summed E-state index contributed by atoms with van der Waals surface area (Å²) in [5.41, 5.74) is 2.34. The minimum Gasteiger partial charge on any atom is -0.378 e. The van der Waals surface area contributed by atoms with Gasteiger partial charge in [-0.25, -0.2) is 4.79 Å². The number of piperazine rings is 1. The van der Waals surface area contributed by atoms with Gasteiger partial charge in [0.05, 0.1) is 24.6 Å². The second kappa shape index (κ2) is 7.52. The molecule has 0 unspecified atom stereocenters. The van der Waals surface area contributed by atoms with Crippen LogP contribution in [0.15, 0.2) is 24.3 Å². The molecule has 6 heteroatoms. The van der Waals surface area contributed by atoms with Crippen LogP contribution in [0.25, 0.3) is 0 Å². The molecule has 138 valence electrons. The molecule has 25 heavy (non-hydrogen) atoms. The van der Waals surface area contributed by atoms with Crippen LogP contribution in [0.4, 0.5) is 16.2 Å². The molecule has 0 aromatic heterocycles. The Morgan fingerprint density at radius 3 is 1.96 bits per heavy atom. The first-order chi connectivity index (χ1) is 11.9. The van der Waals surface area contributed by atoms with Crippen LogP contribution in [0, 0.1) is 0 Å². The Hall–Kier alpha value is -1.95. The van der Waals surface area contributed by atoms with Gasteiger partial charge in [-0.2, -0.15) is 0 Å². The maximum atomic E-state index is 12.3. The SMILES string of the molecule is CC(C)(C)NC(=O)N1CCN(c2ccccc2N2CCOCC2)CC1. The van der Waals surface area contributed by atoms with E-state index in [2.05, 4.69) is 39.4 Å². The average molecular weight is 346 g/mol. The van der Waals surface area contributed by atoms with Crippen molar-refractivity contribution < 1.29 is 9.53 Å². The van der Waals surface area contributed by atoms with Gasteiger partial charge < -0.3 is 24.8 Å². The third-order valence-electron chi connectivity index (χ3n) is 4.62. The number of rotatable bonds is 2. The smallest absolute Gasteiger partial charge is 0.317 e. The van der Waals surface area contributed by atoms with Gasteiger partial charge in [-0.3, -0.25) is 0 Å². The molecule has 2 saturated heterocycles. The number of urea groups is 1. The van der Waals surface area contributed by atoms with E-state index in [1.165, 1.54) is 11.4 Å². The lowest BCUT2D eigenvalue weighted by atomic mass is 10.1. The van der Waals surface area contributed by atoms with Gasteiger partial charge in [0.1, 0.15) is 0 Å². The topological polar surface area (TPSA) is 48.1 Å². The van der Waals surface area contributed by atoms with E-state index < -0.39 is 0 Å². The Balaban J connectivity index is 1.64. The Bertz CT molecular complexity index is 585. The van der Waals surface area contributed by atoms with Gasteiger partial charge in [-0.15, -0.1) is 0 Å². The molecule has 2 amide bonds. The molecular formula is C19H30N4O2. The van der Waals surface area contributed by atoms with E-state index in [0.29, 0.717) is 0 Å². The zero-order chi connectivity index (χ0) is 17.9. The van der Waals surface area contributed by atoms with Crippen molar-refractivity contribution in [3.8, 4) is 0 Å². The molecule has 2 fully saturated rings. The number of ether oxygens (including phenoxy) is 1. The number of para-hydroxylation sites is 2. The summed E-state index contributed by atoms with van der Waals surface area (Å²) in [5, 5.41) is 3.05. The first-order valence-corrected chi connectivity index (χ1v) is 9.18. The Morgan fingerprint density at radius 2 is 1.44 bits per heavy atom. The second-order valence-corrected chi connectivity index (χ2v) is 7.74. The number of amides is 2. The number of nitrogens with one attached hydrogen (secondary N) is 1. The molecule has 2 aliphatic rings. The lowest BCUT2D eigenvalue weighted by molar-refractivity contribution is 0.122. The number of benzene rings is 1. The van der Waals surface area contributed by atoms with E-state index >= 15 is 0 Å². The summed E-state index contributed by atoms with van der Waals surface area (Å²) in [6.45, 7) is 12.7. The van der Waals surface area contributed by atoms with Crippen molar-refractivity contribution in [3.05, 3.63) is 24.3 Å². The van der Waals surface area contributed by atoms with Crippen LogP contribution in [0.1, 0.15) is 20.8 Å². The number of carbonyl (C=O) groups is 1. The molecule has 1 N–H and O–H groups in total. The number of hydrogen-bond acceptors (Lipinski definition) is 4. The largest absolute Gasteiger partial charge is 0.378 e. The lowest BCUT2D eigenvalue weighted by Gasteiger charge is -2.39. The van der Waals surface area contributed by atoms with Gasteiger partial charge in [-0.1, -0.05) is 12.1 Å². The van der Waals surface area contributed by atoms with Crippen LogP contribution in [0.5, 0.6) is 0 Å². The highest BCUT2D eigenvalue weighted by Gasteiger charge is 2.26. The molecule has 2 aliphatic heterocycles. The molecular weight excluding hydrogens is 316 g/mol. The zero-order valence-corrected chi connectivity index (χ0v) is 15.6. The minimum absolute atomic E-state index is 0.0358. The number of morpholine rings is 1. The Labute approximate surface area is 150 Å². The van der Waals surface area contributed by atoms with Gasteiger partial charge in [0.2, 0.25) is 0 Å². The van der Waals surface area contributed by atoms with E-state index in [1.54, 1.807) is 0 Å². The van der Waals surface area contributed by atoms with Crippen LogP contribution in [-0.2, 0) is 4.74 Å². The summed E-state index contributed by atoms with van der Waals surface area (Å²) in [5.74, 6) is 0. The molecule has 0 saturated carbocycles. The third kappa shape index (κ3) is 4.57. The lowest BCUT2D eigenvalue weighted by Crippen LogP contribution is -2.55. The monoisotopic (exact) mass is 346 g/mol. The number of anilines is 2. The molecule has 0 spiro atoms. The minimum atomic E-state index is -0.197. The van der Waals surface area contributed by atoms with Crippen molar-refractivity contribution >= 4 is 17.4 Å². The van der Waals surface area contributed by atoms with Crippen molar-refractivity contribution in [1.29, 1.82) is 0 Å². The maximum Gasteiger partial charge on any atom is 0.317 e. The van der Waals surface area contributed by atoms with Gasteiger partial charge in [0.15, 0.2) is 0 Å². The molecule has 0 radical (unpaired) electrons. The maximum absolute atomic E-state index is 12.3. The van der Waals surface area contributed by atoms with Gasteiger partial charge >= 0.3 is 6.03 Å². The van der Waals surface area contributed by atoms with Crippen molar-refractivity contribution in [3.63, 3.8) is 0 Å². The van der Waals surface area contributed by atoms with Crippen LogP contribution in [0.3, 0.4) is 0 Å². The highest BCUT2D eigenvalue weighted by atomic mass is 16.5. The fourth-order valence-corrected chi connectivity index (χ4v) is 3.35. The number of nitrogens with zero attached hydrogens (tertiary/aromatic N) is 3. The van der Waals surface area contributed by atoms with Crippen molar-refractivity contribution in [2.24, 2.45) is 0 Å². The van der Waals surface area contributed by atoms with E-state index in [-0.39, 0.29) is 11.6 Å². The zero-order valence-electron chi connectivity index (χ0n) is 15.6. The Morgan fingerprint density at radius 1 is 0.920 bits per heavy atom. The fraction of sp³-hybridized carbons (Fsp3) is 0.632. The summed E-state index contributed by atoms with van der Waals surface area (Å²) in [6, 6.07) is 8.61. The first kappa shape index (κ1) is 17.9. The molecule has 1 aromatic carbocycles. The van der Waals surface area contributed by atoms with Gasteiger partial charge in [-0.05, 0) is 32.9 Å². The standard InChI is InChI=1S/C19H30N4O2/c1-19(2,3)20-18(24)23-10-8-21(9-11-23)16-6-4-5-7-17(16)22-12-14-25-15-13-22/h4-7H,8-15H2,1-3H3,(H,20,24). The van der Waals surface area contributed by atoms with Gasteiger partial charge in [0.25, 0.3) is 0 Å². The van der Waals surface area contributed by atoms with E-state index in [1.807, 2.05) is 25.7 Å². The van der Waals surface area contributed by atoms with Crippen LogP contribution in [-0.4, -0.2) is 69.0 Å². The molecule has 1 aromatic rings. The number of hydrogen-bond donors (Lipinski definition) is 1. The summed E-state index contributed by atoms with van der Waals surface area (Å²) in [4.78, 5) is 19.1. The van der Waals surface area contributed by atoms with E-state index in [0.717, 1.165) is 52.5 Å². The second-order valence-electron chi connectivity index (χ2n) is 7.74. The summed E-state index contributed by atoms with van der Waals surface area (Å²) in [6.07, 6.45) is 0. The number of carbonyl (C=O) groups excluding carboxylic acids is 1. The molecule has 0 aliphatic carbocycles. The quantitative estimate of drug-likeness (QED) is 0.891. The van der Waals surface area contributed by atoms with E-state index in [4.69, 9.17) is 4.74 Å². The molecule has 2 heterocycles. The highest BCUT2D eigenvalue weighted by molar-refractivity contribution is 5.76. The predicted octanol–water partition coefficient (Wildman–Crippen LogP) is 2.15. The highest BCUT2D eigenvalue weighted by Crippen LogP contribution is 2.30. The fourth-order valence-electron chi connectivity index (χ4n) is 3.35. The Kier molecular flexibility index (Phi) is 5.37. The normalized spacial score (nSPS) is 19.1. The predicted molar refractivity (Wildman–Crippen MR) is 102 cm³/mol. The van der Waals surface area contributed by atoms with E-state index in [9.17, 15) is 4.79 Å². The molecule has 3 rings (SSSR count). The molecule has 0 atom stereocenters. The van der Waals surface area contributed by atoms with Crippen molar-refractivity contribution in [1.82, 2.24) is 10.2 Å². The summed E-state index contributed by atoms with van der Waals surface area (Å²) < 4.78 is 5.48. The van der Waals surface area contributed by atoms with Crippen molar-refractivity contribution in [2.45, 2.75) is 26.3 Å². The molecule has 6 nitrogen and oxygen atoms in total. The first-order valence-electron chi connectivity index (χ1n) is 9.18.